The maximum atomic E-state index is 4.67. The highest BCUT2D eigenvalue weighted by molar-refractivity contribution is 5.25. The summed E-state index contributed by atoms with van der Waals surface area (Å²) in [5.74, 6) is 0.697. The van der Waals surface area contributed by atoms with Gasteiger partial charge in [0.05, 0.1) is 17.4 Å². The number of aryl methyl sites for hydroxylation is 2. The van der Waals surface area contributed by atoms with Crippen molar-refractivity contribution in [2.75, 3.05) is 18.9 Å². The number of nitrogens with one attached hydrogen (secondary N) is 1. The Morgan fingerprint density at radius 2 is 2.22 bits per heavy atom. The van der Waals surface area contributed by atoms with Gasteiger partial charge in [-0.3, -0.25) is 9.58 Å². The first-order valence-corrected chi connectivity index (χ1v) is 8.49. The van der Waals surface area contributed by atoms with Crippen LogP contribution in [0.25, 0.3) is 0 Å². The first-order valence-electron chi connectivity index (χ1n) is 8.49. The molecule has 6 heteroatoms. The van der Waals surface area contributed by atoms with E-state index in [2.05, 4.69) is 45.3 Å². The molecule has 1 N–H and O–H groups in total. The van der Waals surface area contributed by atoms with E-state index in [9.17, 15) is 0 Å². The molecule has 2 aromatic heterocycles. The minimum Gasteiger partial charge on any atom is -0.357 e. The number of rotatable bonds is 5. The second-order valence-corrected chi connectivity index (χ2v) is 6.13. The van der Waals surface area contributed by atoms with Crippen molar-refractivity contribution in [3.8, 4) is 0 Å². The van der Waals surface area contributed by atoms with Gasteiger partial charge in [0.2, 0.25) is 5.95 Å². The van der Waals surface area contributed by atoms with Gasteiger partial charge in [-0.1, -0.05) is 6.42 Å². The Bertz CT molecular complexity index is 650. The fraction of sp³-hybridized carbons (Fsp3) is 0.588. The Morgan fingerprint density at radius 1 is 1.35 bits per heavy atom. The van der Waals surface area contributed by atoms with Crippen molar-refractivity contribution in [2.45, 2.75) is 52.2 Å². The maximum absolute atomic E-state index is 4.67. The molecule has 1 unspecified atom stereocenters. The van der Waals surface area contributed by atoms with Gasteiger partial charge in [0.15, 0.2) is 0 Å². The maximum Gasteiger partial charge on any atom is 0.222 e. The van der Waals surface area contributed by atoms with E-state index < -0.39 is 0 Å². The summed E-state index contributed by atoms with van der Waals surface area (Å²) in [6.07, 6.45) is 7.69. The Kier molecular flexibility index (Phi) is 4.91. The average Bonchev–Trinajstić information content (AvgIpc) is 2.95. The Hall–Kier alpha value is -1.95. The van der Waals surface area contributed by atoms with E-state index in [1.54, 1.807) is 0 Å². The van der Waals surface area contributed by atoms with Crippen molar-refractivity contribution in [3.05, 3.63) is 35.4 Å². The lowest BCUT2D eigenvalue weighted by Crippen LogP contribution is -2.33. The molecule has 0 amide bonds. The lowest BCUT2D eigenvalue weighted by atomic mass is 9.98. The van der Waals surface area contributed by atoms with Crippen LogP contribution in [-0.2, 0) is 13.1 Å². The number of hydrogen-bond donors (Lipinski definition) is 1. The van der Waals surface area contributed by atoms with Crippen molar-refractivity contribution in [2.24, 2.45) is 0 Å². The number of hydrogen-bond acceptors (Lipinski definition) is 5. The predicted molar refractivity (Wildman–Crippen MR) is 91.2 cm³/mol. The molecule has 0 aromatic carbocycles. The van der Waals surface area contributed by atoms with Gasteiger partial charge in [-0.25, -0.2) is 9.97 Å². The topological polar surface area (TPSA) is 58.9 Å². The molecular weight excluding hydrogens is 288 g/mol. The Balaban J connectivity index is 1.81. The van der Waals surface area contributed by atoms with Gasteiger partial charge < -0.3 is 5.32 Å². The van der Waals surface area contributed by atoms with Crippen molar-refractivity contribution in [1.82, 2.24) is 24.6 Å². The molecule has 0 radical (unpaired) electrons. The summed E-state index contributed by atoms with van der Waals surface area (Å²) in [4.78, 5) is 11.4. The van der Waals surface area contributed by atoms with Gasteiger partial charge in [0, 0.05) is 38.1 Å². The number of nitrogens with zero attached hydrogens (tertiary/aromatic N) is 5. The second-order valence-electron chi connectivity index (χ2n) is 6.13. The molecular formula is C17H26N6. The largest absolute Gasteiger partial charge is 0.357 e. The van der Waals surface area contributed by atoms with E-state index in [-0.39, 0.29) is 0 Å². The lowest BCUT2D eigenvalue weighted by Gasteiger charge is -2.35. The first-order chi connectivity index (χ1) is 11.2. The second kappa shape index (κ2) is 7.08. The fourth-order valence-electron chi connectivity index (χ4n) is 3.29. The normalized spacial score (nSPS) is 19.0. The number of likely N-dealkylation sites (tertiary alicyclic amines) is 1. The van der Waals surface area contributed by atoms with Crippen LogP contribution in [0.4, 0.5) is 5.95 Å². The molecule has 3 rings (SSSR count). The Morgan fingerprint density at radius 3 is 2.96 bits per heavy atom. The van der Waals surface area contributed by atoms with Crippen molar-refractivity contribution in [3.63, 3.8) is 0 Å². The quantitative estimate of drug-likeness (QED) is 0.919. The van der Waals surface area contributed by atoms with Gasteiger partial charge in [-0.2, -0.15) is 5.10 Å². The zero-order valence-electron chi connectivity index (χ0n) is 14.3. The third kappa shape index (κ3) is 3.52. The van der Waals surface area contributed by atoms with Crippen LogP contribution in [0.2, 0.25) is 0 Å². The lowest BCUT2D eigenvalue weighted by molar-refractivity contribution is 0.137. The monoisotopic (exact) mass is 314 g/mol. The predicted octanol–water partition coefficient (Wildman–Crippen LogP) is 2.77. The molecule has 1 atom stereocenters. The highest BCUT2D eigenvalue weighted by Crippen LogP contribution is 2.31. The van der Waals surface area contributed by atoms with Crippen LogP contribution in [0.3, 0.4) is 0 Å². The Labute approximate surface area is 137 Å². The van der Waals surface area contributed by atoms with Crippen molar-refractivity contribution in [1.29, 1.82) is 0 Å². The molecule has 1 saturated heterocycles. The van der Waals surface area contributed by atoms with Gasteiger partial charge >= 0.3 is 0 Å². The van der Waals surface area contributed by atoms with E-state index >= 15 is 0 Å². The van der Waals surface area contributed by atoms with E-state index in [1.165, 1.54) is 18.4 Å². The van der Waals surface area contributed by atoms with Crippen LogP contribution < -0.4 is 5.32 Å². The highest BCUT2D eigenvalue weighted by atomic mass is 15.3. The minimum absolute atomic E-state index is 0.364. The van der Waals surface area contributed by atoms with Crippen LogP contribution in [0.15, 0.2) is 18.5 Å². The highest BCUT2D eigenvalue weighted by Gasteiger charge is 2.26. The minimum atomic E-state index is 0.364. The van der Waals surface area contributed by atoms with E-state index in [0.717, 1.165) is 37.4 Å². The smallest absolute Gasteiger partial charge is 0.222 e. The zero-order valence-corrected chi connectivity index (χ0v) is 14.3. The van der Waals surface area contributed by atoms with E-state index in [1.807, 2.05) is 24.0 Å². The standard InChI is InChI=1S/C17H26N6/c1-4-23-12-14(13(2)21-23)11-22-10-6-5-7-16(22)15-8-9-19-17(18-3)20-15/h8-9,12,16H,4-7,10-11H2,1-3H3,(H,18,19,20). The van der Waals surface area contributed by atoms with Crippen molar-refractivity contribution >= 4 is 5.95 Å². The molecule has 0 spiro atoms. The van der Waals surface area contributed by atoms with Crippen LogP contribution in [-0.4, -0.2) is 38.2 Å². The fourth-order valence-corrected chi connectivity index (χ4v) is 3.29. The number of aromatic nitrogens is 4. The molecule has 2 aromatic rings. The molecule has 0 aliphatic carbocycles. The summed E-state index contributed by atoms with van der Waals surface area (Å²) in [6, 6.07) is 2.41. The summed E-state index contributed by atoms with van der Waals surface area (Å²) in [5.41, 5.74) is 3.57. The molecule has 1 aliphatic rings. The summed E-state index contributed by atoms with van der Waals surface area (Å²) in [7, 11) is 1.86. The number of piperidine rings is 1. The van der Waals surface area contributed by atoms with Crippen LogP contribution in [0.1, 0.15) is 49.2 Å². The van der Waals surface area contributed by atoms with Crippen LogP contribution in [0.5, 0.6) is 0 Å². The van der Waals surface area contributed by atoms with Crippen LogP contribution in [0, 0.1) is 6.92 Å². The molecule has 6 nitrogen and oxygen atoms in total. The molecule has 1 fully saturated rings. The molecule has 3 heterocycles. The van der Waals surface area contributed by atoms with Crippen molar-refractivity contribution < 1.29 is 0 Å². The number of anilines is 1. The first kappa shape index (κ1) is 15.9. The molecule has 124 valence electrons. The molecule has 1 aliphatic heterocycles. The summed E-state index contributed by atoms with van der Waals surface area (Å²) in [5, 5.41) is 7.61. The third-order valence-electron chi connectivity index (χ3n) is 4.60. The van der Waals surface area contributed by atoms with E-state index in [4.69, 9.17) is 0 Å². The summed E-state index contributed by atoms with van der Waals surface area (Å²) in [6.45, 7) is 7.20. The van der Waals surface area contributed by atoms with Gasteiger partial charge in [0.25, 0.3) is 0 Å². The van der Waals surface area contributed by atoms with E-state index in [0.29, 0.717) is 12.0 Å². The van der Waals surface area contributed by atoms with Gasteiger partial charge in [-0.05, 0) is 39.3 Å². The summed E-state index contributed by atoms with van der Waals surface area (Å²) < 4.78 is 2.02. The SMILES string of the molecule is CCn1cc(CN2CCCCC2c2ccnc(NC)n2)c(C)n1. The van der Waals surface area contributed by atoms with Crippen LogP contribution >= 0.6 is 0 Å². The third-order valence-corrected chi connectivity index (χ3v) is 4.60. The zero-order chi connectivity index (χ0) is 16.2. The molecule has 23 heavy (non-hydrogen) atoms. The molecule has 0 bridgehead atoms. The summed E-state index contributed by atoms with van der Waals surface area (Å²) >= 11 is 0. The van der Waals surface area contributed by atoms with Gasteiger partial charge in [0.1, 0.15) is 0 Å². The average molecular weight is 314 g/mol. The van der Waals surface area contributed by atoms with Gasteiger partial charge in [-0.15, -0.1) is 0 Å². The molecule has 0 saturated carbocycles.